The van der Waals surface area contributed by atoms with Crippen LogP contribution in [0.2, 0.25) is 0 Å². The SMILES string of the molecule is C.C=C(C)C[C@H](C)C[C@H](C)CCCC(=C)C[C@H](C)C[C@H](C)CCC1C(c2ccc(F)cc2)=C(c2ccccc2)C(C(=C)Cc2ccccc2)=C1C(C)C. The smallest absolute Gasteiger partial charge is 0.123 e. The summed E-state index contributed by atoms with van der Waals surface area (Å²) in [5, 5.41) is 0. The van der Waals surface area contributed by atoms with E-state index in [0.29, 0.717) is 17.8 Å². The highest BCUT2D eigenvalue weighted by atomic mass is 19.1. The second-order valence-corrected chi connectivity index (χ2v) is 16.9. The van der Waals surface area contributed by atoms with Crippen LogP contribution in [0.4, 0.5) is 4.39 Å². The second kappa shape index (κ2) is 21.2. The number of halogens is 1. The predicted molar refractivity (Wildman–Crippen MR) is 233 cm³/mol. The lowest BCUT2D eigenvalue weighted by Crippen LogP contribution is -2.13. The van der Waals surface area contributed by atoms with Gasteiger partial charge in [0.2, 0.25) is 0 Å². The van der Waals surface area contributed by atoms with Gasteiger partial charge in [-0.05, 0) is 145 Å². The third kappa shape index (κ3) is 13.0. The molecule has 0 N–H and O–H groups in total. The molecule has 0 amide bonds. The molecule has 286 valence electrons. The van der Waals surface area contributed by atoms with E-state index in [9.17, 15) is 4.39 Å². The molecule has 0 radical (unpaired) electrons. The van der Waals surface area contributed by atoms with E-state index >= 15 is 0 Å². The second-order valence-electron chi connectivity index (χ2n) is 16.9. The van der Waals surface area contributed by atoms with E-state index < -0.39 is 0 Å². The van der Waals surface area contributed by atoms with Gasteiger partial charge in [0.15, 0.2) is 0 Å². The van der Waals surface area contributed by atoms with Gasteiger partial charge in [-0.1, -0.05) is 158 Å². The molecule has 3 aromatic rings. The van der Waals surface area contributed by atoms with Crippen molar-refractivity contribution in [2.45, 2.75) is 120 Å². The predicted octanol–water partition coefficient (Wildman–Crippen LogP) is 15.9. The summed E-state index contributed by atoms with van der Waals surface area (Å²) in [5.74, 6) is 3.09. The fourth-order valence-corrected chi connectivity index (χ4v) is 9.08. The molecule has 3 aromatic carbocycles. The van der Waals surface area contributed by atoms with Crippen molar-refractivity contribution in [2.75, 3.05) is 0 Å². The van der Waals surface area contributed by atoms with E-state index in [4.69, 9.17) is 6.58 Å². The molecule has 0 aliphatic heterocycles. The molecule has 0 heterocycles. The van der Waals surface area contributed by atoms with Crippen molar-refractivity contribution in [1.82, 2.24) is 0 Å². The van der Waals surface area contributed by atoms with Gasteiger partial charge in [-0.15, -0.1) is 6.58 Å². The largest absolute Gasteiger partial charge is 0.207 e. The molecule has 5 atom stereocenters. The van der Waals surface area contributed by atoms with Crippen LogP contribution in [0.3, 0.4) is 0 Å². The monoisotopic (exact) mass is 715 g/mol. The molecule has 0 aromatic heterocycles. The normalized spacial score (nSPS) is 16.7. The highest BCUT2D eigenvalue weighted by molar-refractivity contribution is 6.06. The van der Waals surface area contributed by atoms with Crippen LogP contribution >= 0.6 is 0 Å². The Balaban J connectivity index is 0.00000756. The molecule has 0 spiro atoms. The van der Waals surface area contributed by atoms with Crippen molar-refractivity contribution < 1.29 is 4.39 Å². The van der Waals surface area contributed by atoms with Crippen LogP contribution in [0, 0.1) is 41.3 Å². The van der Waals surface area contributed by atoms with Crippen molar-refractivity contribution in [3.8, 4) is 0 Å². The molecule has 4 rings (SSSR count). The van der Waals surface area contributed by atoms with Crippen molar-refractivity contribution in [3.63, 3.8) is 0 Å². The summed E-state index contributed by atoms with van der Waals surface area (Å²) < 4.78 is 14.3. The minimum Gasteiger partial charge on any atom is -0.207 e. The van der Waals surface area contributed by atoms with E-state index in [-0.39, 0.29) is 19.2 Å². The Kier molecular flexibility index (Phi) is 17.5. The number of allylic oxidation sites excluding steroid dienone is 7. The summed E-state index contributed by atoms with van der Waals surface area (Å²) in [6.45, 7) is 29.9. The molecule has 1 heteroatoms. The van der Waals surface area contributed by atoms with E-state index in [1.165, 1.54) is 70.2 Å². The van der Waals surface area contributed by atoms with Crippen molar-refractivity contribution in [1.29, 1.82) is 0 Å². The zero-order valence-electron chi connectivity index (χ0n) is 33.6. The van der Waals surface area contributed by atoms with Gasteiger partial charge in [0.1, 0.15) is 5.82 Å². The maximum absolute atomic E-state index is 14.3. The molecule has 1 aliphatic rings. The van der Waals surface area contributed by atoms with Gasteiger partial charge in [0, 0.05) is 5.92 Å². The van der Waals surface area contributed by atoms with Crippen LogP contribution in [0.15, 0.2) is 133 Å². The molecule has 1 aliphatic carbocycles. The first-order valence-corrected chi connectivity index (χ1v) is 20.2. The summed E-state index contributed by atoms with van der Waals surface area (Å²) in [5.41, 5.74) is 12.9. The Morgan fingerprint density at radius 2 is 1.25 bits per heavy atom. The van der Waals surface area contributed by atoms with Crippen LogP contribution < -0.4 is 0 Å². The lowest BCUT2D eigenvalue weighted by Gasteiger charge is -2.26. The summed E-state index contributed by atoms with van der Waals surface area (Å²) in [4.78, 5) is 0. The van der Waals surface area contributed by atoms with Crippen molar-refractivity contribution in [3.05, 3.63) is 155 Å². The van der Waals surface area contributed by atoms with Crippen molar-refractivity contribution in [2.24, 2.45) is 35.5 Å². The van der Waals surface area contributed by atoms with Gasteiger partial charge < -0.3 is 0 Å². The topological polar surface area (TPSA) is 0 Å². The molecule has 0 saturated carbocycles. The van der Waals surface area contributed by atoms with Gasteiger partial charge in [0.25, 0.3) is 0 Å². The zero-order chi connectivity index (χ0) is 37.8. The molecular formula is C52H71F. The molecule has 0 nitrogen and oxygen atoms in total. The third-order valence-corrected chi connectivity index (χ3v) is 11.1. The van der Waals surface area contributed by atoms with Crippen LogP contribution in [-0.2, 0) is 6.42 Å². The number of benzene rings is 3. The Morgan fingerprint density at radius 3 is 1.83 bits per heavy atom. The van der Waals surface area contributed by atoms with E-state index in [1.807, 2.05) is 12.1 Å². The van der Waals surface area contributed by atoms with Crippen molar-refractivity contribution >= 4 is 11.1 Å². The molecular weight excluding hydrogens is 644 g/mol. The van der Waals surface area contributed by atoms with Gasteiger partial charge in [-0.25, -0.2) is 4.39 Å². The van der Waals surface area contributed by atoms with Crippen LogP contribution in [0.25, 0.3) is 11.1 Å². The third-order valence-electron chi connectivity index (χ3n) is 11.1. The minimum atomic E-state index is -0.196. The fourth-order valence-electron chi connectivity index (χ4n) is 9.08. The number of hydrogen-bond donors (Lipinski definition) is 0. The quantitative estimate of drug-likeness (QED) is 0.0964. The molecule has 0 bridgehead atoms. The highest BCUT2D eigenvalue weighted by Crippen LogP contribution is 2.54. The zero-order valence-corrected chi connectivity index (χ0v) is 33.6. The van der Waals surface area contributed by atoms with Crippen LogP contribution in [-0.4, -0.2) is 0 Å². The average molecular weight is 715 g/mol. The number of hydrogen-bond acceptors (Lipinski definition) is 0. The number of rotatable bonds is 21. The molecule has 0 saturated heterocycles. The van der Waals surface area contributed by atoms with Gasteiger partial charge >= 0.3 is 0 Å². The maximum Gasteiger partial charge on any atom is 0.123 e. The van der Waals surface area contributed by atoms with E-state index in [2.05, 4.69) is 122 Å². The lowest BCUT2D eigenvalue weighted by atomic mass is 9.79. The summed E-state index contributed by atoms with van der Waals surface area (Å²) in [7, 11) is 0. The van der Waals surface area contributed by atoms with Gasteiger partial charge in [-0.2, -0.15) is 0 Å². The van der Waals surface area contributed by atoms with Crippen LogP contribution in [0.1, 0.15) is 130 Å². The Morgan fingerprint density at radius 1 is 0.679 bits per heavy atom. The van der Waals surface area contributed by atoms with E-state index in [0.717, 1.165) is 61.5 Å². The lowest BCUT2D eigenvalue weighted by molar-refractivity contribution is 0.367. The summed E-state index contributed by atoms with van der Waals surface area (Å²) in [6.07, 6.45) is 11.4. The first-order chi connectivity index (χ1) is 24.8. The Hall–Kier alpha value is -3.71. The van der Waals surface area contributed by atoms with E-state index in [1.54, 1.807) is 12.1 Å². The first kappa shape index (κ1) is 43.7. The summed E-state index contributed by atoms with van der Waals surface area (Å²) in [6, 6.07) is 28.7. The molecule has 53 heavy (non-hydrogen) atoms. The fraction of sp³-hybridized carbons (Fsp3) is 0.462. The molecule has 0 fully saturated rings. The van der Waals surface area contributed by atoms with Crippen LogP contribution in [0.5, 0.6) is 0 Å². The minimum absolute atomic E-state index is 0. The van der Waals surface area contributed by atoms with Gasteiger partial charge in [-0.3, -0.25) is 0 Å². The molecule has 1 unspecified atom stereocenters. The average Bonchev–Trinajstić information content (AvgIpc) is 3.43. The Bertz CT molecular complexity index is 1670. The first-order valence-electron chi connectivity index (χ1n) is 20.2. The standard InChI is InChI=1S/C51H67F.CH4/c1-35(2)30-40(8)31-37(5)18-17-19-38(6)32-41(9)33-39(7)24-29-47-48(36(3)4)49(42(10)34-43-20-13-11-14-21-43)51(44-22-15-12-16-23-44)50(47)45-25-27-46(52)28-26-45;/h11-16,20-23,25-28,36-37,39-41,47H,1,6,10,17-19,24,29-34H2,2-5,7-9H3;1H4/t37-,39-,40+,41+,47?;/m1./s1. The Labute approximate surface area is 325 Å². The highest BCUT2D eigenvalue weighted by Gasteiger charge is 2.37. The maximum atomic E-state index is 14.3. The van der Waals surface area contributed by atoms with Gasteiger partial charge in [0.05, 0.1) is 0 Å². The summed E-state index contributed by atoms with van der Waals surface area (Å²) >= 11 is 0.